The average Bonchev–Trinajstić information content (AvgIpc) is 3.01. The largest absolute Gasteiger partial charge is 0.356 e. The number of thiophene rings is 1. The maximum Gasteiger partial charge on any atom is 0.220 e. The Bertz CT molecular complexity index is 408. The first-order valence-electron chi connectivity index (χ1n) is 6.12. The average molecular weight is 263 g/mol. The Morgan fingerprint density at radius 2 is 2.39 bits per heavy atom. The topological polar surface area (TPSA) is 57.8 Å². The van der Waals surface area contributed by atoms with E-state index in [0.29, 0.717) is 13.0 Å². The Hall–Kier alpha value is -1.62. The summed E-state index contributed by atoms with van der Waals surface area (Å²) in [7, 11) is 0. The molecule has 0 bridgehead atoms. The van der Waals surface area contributed by atoms with Crippen LogP contribution < -0.4 is 5.32 Å². The number of imidazole rings is 1. The smallest absolute Gasteiger partial charge is 0.220 e. The van der Waals surface area contributed by atoms with Crippen LogP contribution in [0.25, 0.3) is 0 Å². The van der Waals surface area contributed by atoms with Crippen LogP contribution in [0.2, 0.25) is 0 Å². The van der Waals surface area contributed by atoms with E-state index in [1.807, 2.05) is 6.07 Å². The molecule has 0 aliphatic carbocycles. The molecule has 0 aliphatic heterocycles. The third-order valence-corrected chi connectivity index (χ3v) is 3.58. The van der Waals surface area contributed by atoms with Gasteiger partial charge in [-0.3, -0.25) is 4.79 Å². The predicted octanol–water partition coefficient (Wildman–Crippen LogP) is 2.15. The van der Waals surface area contributed by atoms with E-state index >= 15 is 0 Å². The molecule has 2 aromatic heterocycles. The number of aromatic nitrogens is 2. The van der Waals surface area contributed by atoms with Crippen LogP contribution in [-0.2, 0) is 17.6 Å². The first-order chi connectivity index (χ1) is 8.84. The van der Waals surface area contributed by atoms with Crippen LogP contribution in [0.1, 0.15) is 23.5 Å². The van der Waals surface area contributed by atoms with Crippen molar-refractivity contribution in [3.8, 4) is 0 Å². The standard InChI is InChI=1S/C13H17N3OS/c17-13(5-1-3-11-4-2-10-18-11)16-7-6-12-14-8-9-15-12/h2,4,8-10H,1,3,5-7H2,(H,14,15)(H,16,17). The molecule has 2 heterocycles. The Balaban J connectivity index is 1.55. The zero-order valence-corrected chi connectivity index (χ0v) is 11.0. The molecule has 2 N–H and O–H groups in total. The summed E-state index contributed by atoms with van der Waals surface area (Å²) in [6.07, 6.45) is 6.76. The van der Waals surface area contributed by atoms with Gasteiger partial charge >= 0.3 is 0 Å². The van der Waals surface area contributed by atoms with Gasteiger partial charge in [-0.2, -0.15) is 0 Å². The lowest BCUT2D eigenvalue weighted by Crippen LogP contribution is -2.25. The van der Waals surface area contributed by atoms with Gasteiger partial charge in [-0.05, 0) is 24.3 Å². The molecule has 0 saturated heterocycles. The van der Waals surface area contributed by atoms with Crippen LogP contribution in [0, 0.1) is 0 Å². The summed E-state index contributed by atoms with van der Waals surface area (Å²) in [5, 5.41) is 4.97. The highest BCUT2D eigenvalue weighted by Gasteiger charge is 2.02. The number of aryl methyl sites for hydroxylation is 1. The van der Waals surface area contributed by atoms with E-state index in [1.54, 1.807) is 23.7 Å². The summed E-state index contributed by atoms with van der Waals surface area (Å²) in [6, 6.07) is 4.16. The molecule has 0 saturated carbocycles. The van der Waals surface area contributed by atoms with E-state index in [-0.39, 0.29) is 5.91 Å². The number of nitrogens with one attached hydrogen (secondary N) is 2. The van der Waals surface area contributed by atoms with Gasteiger partial charge in [0.05, 0.1) is 0 Å². The van der Waals surface area contributed by atoms with Gasteiger partial charge in [-0.25, -0.2) is 4.98 Å². The van der Waals surface area contributed by atoms with Crippen molar-refractivity contribution >= 4 is 17.2 Å². The van der Waals surface area contributed by atoms with Gasteiger partial charge in [-0.15, -0.1) is 11.3 Å². The molecule has 0 aliphatic rings. The number of hydrogen-bond donors (Lipinski definition) is 2. The zero-order valence-electron chi connectivity index (χ0n) is 10.2. The summed E-state index contributed by atoms with van der Waals surface area (Å²) in [5.41, 5.74) is 0. The second kappa shape index (κ2) is 6.96. The lowest BCUT2D eigenvalue weighted by Gasteiger charge is -2.03. The van der Waals surface area contributed by atoms with E-state index in [2.05, 4.69) is 26.7 Å². The van der Waals surface area contributed by atoms with Gasteiger partial charge in [0.1, 0.15) is 5.82 Å². The minimum Gasteiger partial charge on any atom is -0.356 e. The molecular formula is C13H17N3OS. The van der Waals surface area contributed by atoms with Crippen LogP contribution in [-0.4, -0.2) is 22.4 Å². The van der Waals surface area contributed by atoms with Crippen molar-refractivity contribution in [3.05, 3.63) is 40.6 Å². The van der Waals surface area contributed by atoms with Crippen molar-refractivity contribution < 1.29 is 4.79 Å². The molecule has 5 heteroatoms. The van der Waals surface area contributed by atoms with Crippen LogP contribution in [0.3, 0.4) is 0 Å². The Morgan fingerprint density at radius 3 is 3.11 bits per heavy atom. The van der Waals surface area contributed by atoms with Crippen molar-refractivity contribution in [2.24, 2.45) is 0 Å². The summed E-state index contributed by atoms with van der Waals surface area (Å²) < 4.78 is 0. The number of carbonyl (C=O) groups excluding carboxylic acids is 1. The van der Waals surface area contributed by atoms with E-state index in [9.17, 15) is 4.79 Å². The quantitative estimate of drug-likeness (QED) is 0.804. The summed E-state index contributed by atoms with van der Waals surface area (Å²) in [6.45, 7) is 0.644. The molecule has 0 spiro atoms. The number of hydrogen-bond acceptors (Lipinski definition) is 3. The second-order valence-corrected chi connectivity index (χ2v) is 5.10. The van der Waals surface area contributed by atoms with Gasteiger partial charge < -0.3 is 10.3 Å². The molecule has 18 heavy (non-hydrogen) atoms. The highest BCUT2D eigenvalue weighted by atomic mass is 32.1. The van der Waals surface area contributed by atoms with Crippen molar-refractivity contribution in [1.29, 1.82) is 0 Å². The van der Waals surface area contributed by atoms with E-state index < -0.39 is 0 Å². The number of H-pyrrole nitrogens is 1. The van der Waals surface area contributed by atoms with Gasteiger partial charge in [0.15, 0.2) is 0 Å². The van der Waals surface area contributed by atoms with E-state index in [4.69, 9.17) is 0 Å². The third kappa shape index (κ3) is 4.33. The molecule has 0 unspecified atom stereocenters. The summed E-state index contributed by atoms with van der Waals surface area (Å²) >= 11 is 1.75. The summed E-state index contributed by atoms with van der Waals surface area (Å²) in [4.78, 5) is 20.0. The fourth-order valence-corrected chi connectivity index (χ4v) is 2.47. The first-order valence-corrected chi connectivity index (χ1v) is 7.00. The Labute approximate surface area is 110 Å². The number of amides is 1. The summed E-state index contributed by atoms with van der Waals surface area (Å²) in [5.74, 6) is 1.03. The molecule has 2 aromatic rings. The SMILES string of the molecule is O=C(CCCc1cccs1)NCCc1ncc[nH]1. The predicted molar refractivity (Wildman–Crippen MR) is 72.6 cm³/mol. The maximum atomic E-state index is 11.6. The number of nitrogens with zero attached hydrogens (tertiary/aromatic N) is 1. The fraction of sp³-hybridized carbons (Fsp3) is 0.385. The molecule has 96 valence electrons. The highest BCUT2D eigenvalue weighted by Crippen LogP contribution is 2.11. The minimum absolute atomic E-state index is 0.123. The molecule has 0 fully saturated rings. The van der Waals surface area contributed by atoms with Crippen molar-refractivity contribution in [1.82, 2.24) is 15.3 Å². The number of aromatic amines is 1. The van der Waals surface area contributed by atoms with Gasteiger partial charge in [0.25, 0.3) is 0 Å². The number of rotatable bonds is 7. The highest BCUT2D eigenvalue weighted by molar-refractivity contribution is 7.09. The van der Waals surface area contributed by atoms with Crippen LogP contribution in [0.5, 0.6) is 0 Å². The van der Waals surface area contributed by atoms with Crippen molar-refractivity contribution in [2.45, 2.75) is 25.7 Å². The normalized spacial score (nSPS) is 10.4. The lowest BCUT2D eigenvalue weighted by molar-refractivity contribution is -0.121. The number of carbonyl (C=O) groups is 1. The molecule has 4 nitrogen and oxygen atoms in total. The molecular weight excluding hydrogens is 246 g/mol. The molecule has 0 atom stereocenters. The van der Waals surface area contributed by atoms with Crippen LogP contribution in [0.4, 0.5) is 0 Å². The van der Waals surface area contributed by atoms with Crippen molar-refractivity contribution in [2.75, 3.05) is 6.54 Å². The van der Waals surface area contributed by atoms with Gasteiger partial charge in [0.2, 0.25) is 5.91 Å². The minimum atomic E-state index is 0.123. The van der Waals surface area contributed by atoms with Gasteiger partial charge in [0, 0.05) is 36.7 Å². The molecule has 0 aromatic carbocycles. The Kier molecular flexibility index (Phi) is 4.96. The van der Waals surface area contributed by atoms with Crippen LogP contribution >= 0.6 is 11.3 Å². The lowest BCUT2D eigenvalue weighted by atomic mass is 10.2. The maximum absolute atomic E-state index is 11.6. The molecule has 2 rings (SSSR count). The zero-order chi connectivity index (χ0) is 12.6. The second-order valence-electron chi connectivity index (χ2n) is 4.07. The first kappa shape index (κ1) is 12.8. The molecule has 0 radical (unpaired) electrons. The third-order valence-electron chi connectivity index (χ3n) is 2.65. The monoisotopic (exact) mass is 263 g/mol. The van der Waals surface area contributed by atoms with Crippen molar-refractivity contribution in [3.63, 3.8) is 0 Å². The van der Waals surface area contributed by atoms with E-state index in [1.165, 1.54) is 4.88 Å². The van der Waals surface area contributed by atoms with Gasteiger partial charge in [-0.1, -0.05) is 6.07 Å². The Morgan fingerprint density at radius 1 is 1.44 bits per heavy atom. The fourth-order valence-electron chi connectivity index (χ4n) is 1.72. The molecule has 1 amide bonds. The van der Waals surface area contributed by atoms with Crippen LogP contribution in [0.15, 0.2) is 29.9 Å². The van der Waals surface area contributed by atoms with E-state index in [0.717, 1.165) is 25.1 Å².